The van der Waals surface area contributed by atoms with E-state index in [0.717, 1.165) is 30.9 Å². The average molecular weight is 696 g/mol. The fourth-order valence-electron chi connectivity index (χ4n) is 7.50. The number of nitrogens with zero attached hydrogens (tertiary/aromatic N) is 3. The molecule has 0 radical (unpaired) electrons. The third-order valence-electron chi connectivity index (χ3n) is 10.6. The van der Waals surface area contributed by atoms with Crippen LogP contribution in [0.15, 0.2) is 45.8 Å². The number of hydrogen-bond donors (Lipinski definition) is 2. The highest BCUT2D eigenvalue weighted by Gasteiger charge is 2.53. The number of carbonyl (C=O) groups is 2. The number of halogens is 1. The molecule has 0 spiro atoms. The molecule has 12 nitrogen and oxygen atoms in total. The summed E-state index contributed by atoms with van der Waals surface area (Å²) >= 11 is 0. The Labute approximate surface area is 284 Å². The summed E-state index contributed by atoms with van der Waals surface area (Å²) in [5.74, 6) is -1.69. The van der Waals surface area contributed by atoms with Crippen molar-refractivity contribution in [3.8, 4) is 0 Å². The van der Waals surface area contributed by atoms with Gasteiger partial charge in [-0.2, -0.15) is 4.98 Å². The van der Waals surface area contributed by atoms with Crippen LogP contribution in [0.5, 0.6) is 0 Å². The molecule has 2 atom stereocenters. The van der Waals surface area contributed by atoms with Crippen LogP contribution in [0.2, 0.25) is 0 Å². The standard InChI is InChI=1S/C35H42FN5O7S/c1-33(2,3)31-38-32(48-40-31)34-8-11-35(12-9-34,13-10-34)39-29(42)23-16-26-28(17-24(23)36)49(44,45)20-25(37)30(43)41(26)18-21-4-6-22(7-5-21)27-19-46-14-15-47-27/h4-7,16-17,25,27H,8-15,18-20,37H2,1-3H3,(H,39,42)/t25-,27?,34?,35?/m0/s1. The molecule has 14 heteroatoms. The molecule has 262 valence electrons. The topological polar surface area (TPSA) is 167 Å². The van der Waals surface area contributed by atoms with Gasteiger partial charge in [0.1, 0.15) is 11.9 Å². The predicted octanol–water partition coefficient (Wildman–Crippen LogP) is 4.02. The number of amides is 2. The maximum Gasteiger partial charge on any atom is 0.254 e. The number of fused-ring (bicyclic) bond motifs is 4. The van der Waals surface area contributed by atoms with E-state index in [9.17, 15) is 18.0 Å². The van der Waals surface area contributed by atoms with E-state index in [4.69, 9.17) is 24.7 Å². The molecule has 5 aliphatic rings. The van der Waals surface area contributed by atoms with Crippen LogP contribution in [0.25, 0.3) is 0 Å². The molecule has 2 aliphatic heterocycles. The predicted molar refractivity (Wildman–Crippen MR) is 176 cm³/mol. The number of hydrogen-bond acceptors (Lipinski definition) is 10. The number of rotatable bonds is 6. The van der Waals surface area contributed by atoms with Crippen LogP contribution in [0.4, 0.5) is 10.1 Å². The van der Waals surface area contributed by atoms with Gasteiger partial charge in [-0.1, -0.05) is 50.2 Å². The van der Waals surface area contributed by atoms with Gasteiger partial charge in [-0.25, -0.2) is 12.8 Å². The Balaban J connectivity index is 1.14. The molecule has 2 aromatic carbocycles. The lowest BCUT2D eigenvalue weighted by molar-refractivity contribution is -0.119. The van der Waals surface area contributed by atoms with E-state index in [0.29, 0.717) is 56.4 Å². The van der Waals surface area contributed by atoms with Crippen LogP contribution >= 0.6 is 0 Å². The third kappa shape index (κ3) is 6.28. The normalized spacial score (nSPS) is 28.2. The zero-order chi connectivity index (χ0) is 34.8. The minimum absolute atomic E-state index is 0.0390. The van der Waals surface area contributed by atoms with Crippen molar-refractivity contribution in [1.29, 1.82) is 0 Å². The maximum atomic E-state index is 15.7. The highest BCUT2D eigenvalue weighted by Crippen LogP contribution is 2.53. The maximum absolute atomic E-state index is 15.7. The molecule has 2 amide bonds. The number of nitrogens with one attached hydrogen (secondary N) is 1. The second-order valence-electron chi connectivity index (χ2n) is 15.0. The number of aromatic nitrogens is 2. The van der Waals surface area contributed by atoms with Crippen LogP contribution < -0.4 is 16.0 Å². The fourth-order valence-corrected chi connectivity index (χ4v) is 9.07. The van der Waals surface area contributed by atoms with Crippen molar-refractivity contribution in [2.45, 2.75) is 99.3 Å². The molecule has 8 rings (SSSR count). The molecular weight excluding hydrogens is 653 g/mol. The Bertz CT molecular complexity index is 1860. The first kappa shape index (κ1) is 33.8. The first-order valence-corrected chi connectivity index (χ1v) is 18.4. The van der Waals surface area contributed by atoms with Gasteiger partial charge in [-0.3, -0.25) is 9.59 Å². The minimum Gasteiger partial charge on any atom is -0.376 e. The number of carbonyl (C=O) groups excluding carboxylic acids is 2. The fraction of sp³-hybridized carbons (Fsp3) is 0.543. The van der Waals surface area contributed by atoms with Gasteiger partial charge >= 0.3 is 0 Å². The highest BCUT2D eigenvalue weighted by molar-refractivity contribution is 7.91. The van der Waals surface area contributed by atoms with Gasteiger partial charge < -0.3 is 29.9 Å². The van der Waals surface area contributed by atoms with Gasteiger partial charge in [-0.15, -0.1) is 0 Å². The van der Waals surface area contributed by atoms with E-state index in [1.165, 1.54) is 11.0 Å². The van der Waals surface area contributed by atoms with Crippen LogP contribution in [0.1, 0.15) is 98.6 Å². The summed E-state index contributed by atoms with van der Waals surface area (Å²) in [5, 5.41) is 7.31. The van der Waals surface area contributed by atoms with E-state index in [1.54, 1.807) is 0 Å². The van der Waals surface area contributed by atoms with Gasteiger partial charge in [-0.05, 0) is 61.8 Å². The van der Waals surface area contributed by atoms with Crippen LogP contribution in [0.3, 0.4) is 0 Å². The molecule has 3 aliphatic carbocycles. The lowest BCUT2D eigenvalue weighted by Gasteiger charge is -2.52. The van der Waals surface area contributed by atoms with Crippen LogP contribution in [-0.4, -0.2) is 67.5 Å². The number of benzene rings is 2. The summed E-state index contributed by atoms with van der Waals surface area (Å²) in [4.78, 5) is 33.0. The molecule has 49 heavy (non-hydrogen) atoms. The second kappa shape index (κ2) is 12.3. The van der Waals surface area contributed by atoms with Gasteiger partial charge in [0.05, 0.1) is 54.3 Å². The summed E-state index contributed by atoms with van der Waals surface area (Å²) in [6.07, 6.45) is 3.88. The Morgan fingerprint density at radius 1 is 1.08 bits per heavy atom. The van der Waals surface area contributed by atoms with Crippen molar-refractivity contribution in [2.24, 2.45) is 5.73 Å². The van der Waals surface area contributed by atoms with Crippen molar-refractivity contribution in [3.63, 3.8) is 0 Å². The van der Waals surface area contributed by atoms with E-state index in [2.05, 4.69) is 10.5 Å². The smallest absolute Gasteiger partial charge is 0.254 e. The molecule has 3 N–H and O–H groups in total. The lowest BCUT2D eigenvalue weighted by atomic mass is 9.57. The van der Waals surface area contributed by atoms with Gasteiger partial charge in [0.15, 0.2) is 15.7 Å². The van der Waals surface area contributed by atoms with E-state index < -0.39 is 44.8 Å². The van der Waals surface area contributed by atoms with Crippen LogP contribution in [-0.2, 0) is 41.5 Å². The van der Waals surface area contributed by atoms with Crippen molar-refractivity contribution in [2.75, 3.05) is 30.5 Å². The summed E-state index contributed by atoms with van der Waals surface area (Å²) in [5.41, 5.74) is 6.19. The summed E-state index contributed by atoms with van der Waals surface area (Å²) in [6.45, 7) is 7.51. The van der Waals surface area contributed by atoms with Crippen molar-refractivity contribution >= 4 is 27.3 Å². The monoisotopic (exact) mass is 695 g/mol. The summed E-state index contributed by atoms with van der Waals surface area (Å²) in [6, 6.07) is 8.00. The molecule has 3 aromatic rings. The second-order valence-corrected chi connectivity index (χ2v) is 17.0. The van der Waals surface area contributed by atoms with Crippen molar-refractivity contribution < 1.29 is 36.4 Å². The highest BCUT2D eigenvalue weighted by atomic mass is 32.2. The Kier molecular flexibility index (Phi) is 8.44. The molecule has 1 saturated heterocycles. The molecule has 4 fully saturated rings. The number of anilines is 1. The molecular formula is C35H42FN5O7S. The van der Waals surface area contributed by atoms with Gasteiger partial charge in [0.25, 0.3) is 5.91 Å². The Hall–Kier alpha value is -3.72. The quantitative estimate of drug-likeness (QED) is 0.385. The zero-order valence-corrected chi connectivity index (χ0v) is 28.8. The van der Waals surface area contributed by atoms with Crippen LogP contribution in [0, 0.1) is 5.82 Å². The Morgan fingerprint density at radius 2 is 1.78 bits per heavy atom. The lowest BCUT2D eigenvalue weighted by Crippen LogP contribution is -2.58. The van der Waals surface area contributed by atoms with E-state index in [1.807, 2.05) is 45.0 Å². The van der Waals surface area contributed by atoms with Crippen molar-refractivity contribution in [3.05, 3.63) is 70.6 Å². The molecule has 3 saturated carbocycles. The number of sulfone groups is 1. The summed E-state index contributed by atoms with van der Waals surface area (Å²) in [7, 11) is -4.16. The Morgan fingerprint density at radius 3 is 2.39 bits per heavy atom. The number of nitrogens with two attached hydrogens (primary N) is 1. The minimum atomic E-state index is -4.16. The van der Waals surface area contributed by atoms with Crippen molar-refractivity contribution in [1.82, 2.24) is 15.5 Å². The SMILES string of the molecule is CC(C)(C)c1noc(C23CCC(NC(=O)c4cc5c(cc4F)S(=O)(=O)C[C@H](N)C(=O)N5Cc4ccc(C5COCCO5)cc4)(CC2)CC3)n1. The molecule has 1 aromatic heterocycles. The molecule has 2 bridgehead atoms. The third-order valence-corrected chi connectivity index (χ3v) is 12.4. The van der Waals surface area contributed by atoms with Gasteiger partial charge in [0, 0.05) is 16.4 Å². The first-order chi connectivity index (χ1) is 23.2. The largest absolute Gasteiger partial charge is 0.376 e. The zero-order valence-electron chi connectivity index (χ0n) is 28.0. The van der Waals surface area contributed by atoms with Gasteiger partial charge in [0.2, 0.25) is 11.8 Å². The first-order valence-electron chi connectivity index (χ1n) is 16.8. The molecule has 1 unspecified atom stereocenters. The average Bonchev–Trinajstić information content (AvgIpc) is 3.59. The molecule has 3 heterocycles. The van der Waals surface area contributed by atoms with E-state index >= 15 is 4.39 Å². The summed E-state index contributed by atoms with van der Waals surface area (Å²) < 4.78 is 59.5. The number of ether oxygens (including phenoxy) is 2. The van der Waals surface area contributed by atoms with E-state index in [-0.39, 0.29) is 39.6 Å².